The third-order valence-corrected chi connectivity index (χ3v) is 0.566. The lowest BCUT2D eigenvalue weighted by Gasteiger charge is -1.70. The second-order valence-corrected chi connectivity index (χ2v) is 1.23. The van der Waals surface area contributed by atoms with Crippen molar-refractivity contribution in [2.75, 3.05) is 0 Å². The van der Waals surface area contributed by atoms with Crippen LogP contribution in [0.3, 0.4) is 0 Å². The minimum Gasteiger partial charge on any atom is -0.265 e. The van der Waals surface area contributed by atoms with Crippen LogP contribution in [0.5, 0.6) is 0 Å². The highest BCUT2D eigenvalue weighted by atomic mass is 127. The molecule has 0 bridgehead atoms. The molecule has 1 heterocycles. The lowest BCUT2D eigenvalue weighted by atomic mass is 10.5. The van der Waals surface area contributed by atoms with Crippen LogP contribution >= 0.6 is 24.0 Å². The van der Waals surface area contributed by atoms with Crippen molar-refractivity contribution in [1.82, 2.24) is 4.98 Å². The van der Waals surface area contributed by atoms with Gasteiger partial charge in [0.05, 0.1) is 0 Å². The molecular formula is C5H6INO2S. The van der Waals surface area contributed by atoms with Crippen LogP contribution in [0.4, 0.5) is 0 Å². The molecule has 10 heavy (non-hydrogen) atoms. The first-order valence-electron chi connectivity index (χ1n) is 2.18. The van der Waals surface area contributed by atoms with Gasteiger partial charge in [0, 0.05) is 12.4 Å². The molecule has 56 valence electrons. The lowest BCUT2D eigenvalue weighted by Crippen LogP contribution is -1.58. The average molecular weight is 271 g/mol. The van der Waals surface area contributed by atoms with Crippen LogP contribution in [-0.4, -0.2) is 13.4 Å². The maximum Gasteiger partial charge on any atom is 0.335 e. The summed E-state index contributed by atoms with van der Waals surface area (Å²) in [4.78, 5) is 3.78. The molecule has 0 fully saturated rings. The molecule has 0 aliphatic rings. The van der Waals surface area contributed by atoms with Crippen molar-refractivity contribution in [2.45, 2.75) is 0 Å². The summed E-state index contributed by atoms with van der Waals surface area (Å²) in [5, 5.41) is 0. The minimum absolute atomic E-state index is 0. The van der Waals surface area contributed by atoms with Gasteiger partial charge < -0.3 is 0 Å². The van der Waals surface area contributed by atoms with Gasteiger partial charge in [-0.25, -0.2) is 0 Å². The number of pyridine rings is 1. The number of nitrogens with zero attached hydrogens (tertiary/aromatic N) is 1. The Morgan fingerprint density at radius 1 is 1.00 bits per heavy atom. The molecule has 0 aliphatic heterocycles. The van der Waals surface area contributed by atoms with Gasteiger partial charge in [0.15, 0.2) is 0 Å². The molecule has 0 N–H and O–H groups in total. The predicted octanol–water partition coefficient (Wildman–Crippen LogP) is 1.03. The zero-order chi connectivity index (χ0) is 6.95. The summed E-state index contributed by atoms with van der Waals surface area (Å²) in [6, 6.07) is 5.72. The molecular weight excluding hydrogens is 265 g/mol. The molecule has 0 aliphatic carbocycles. The number of hydrogen-bond acceptors (Lipinski definition) is 3. The Labute approximate surface area is 79.5 Å². The zero-order valence-electron chi connectivity index (χ0n) is 4.97. The molecule has 0 saturated carbocycles. The van der Waals surface area contributed by atoms with Crippen molar-refractivity contribution >= 4 is 35.5 Å². The van der Waals surface area contributed by atoms with E-state index in [0.29, 0.717) is 0 Å². The number of hydrogen-bond donors (Lipinski definition) is 0. The smallest absolute Gasteiger partial charge is 0.265 e. The van der Waals surface area contributed by atoms with Gasteiger partial charge in [0.25, 0.3) is 0 Å². The van der Waals surface area contributed by atoms with Crippen LogP contribution in [0.15, 0.2) is 30.6 Å². The maximum absolute atomic E-state index is 8.29. The van der Waals surface area contributed by atoms with Crippen LogP contribution in [0.1, 0.15) is 0 Å². The van der Waals surface area contributed by atoms with Gasteiger partial charge in [-0.3, -0.25) is 4.98 Å². The van der Waals surface area contributed by atoms with E-state index in [9.17, 15) is 0 Å². The highest BCUT2D eigenvalue weighted by Gasteiger charge is 1.58. The van der Waals surface area contributed by atoms with Crippen molar-refractivity contribution in [3.63, 3.8) is 0 Å². The SMILES string of the molecule is I.O=S=O.c1ccncc1. The number of aromatic nitrogens is 1. The molecule has 3 nitrogen and oxygen atoms in total. The summed E-state index contributed by atoms with van der Waals surface area (Å²) < 4.78 is 16.6. The molecule has 1 aromatic rings. The quantitative estimate of drug-likeness (QED) is 0.662. The lowest BCUT2D eigenvalue weighted by molar-refractivity contribution is 0.630. The summed E-state index contributed by atoms with van der Waals surface area (Å²) in [7, 11) is 0. The second-order valence-electron chi connectivity index (χ2n) is 1.09. The van der Waals surface area contributed by atoms with Crippen molar-refractivity contribution in [3.8, 4) is 0 Å². The second kappa shape index (κ2) is 11.5. The fourth-order valence-electron chi connectivity index (χ4n) is 0.313. The van der Waals surface area contributed by atoms with Gasteiger partial charge in [0.2, 0.25) is 0 Å². The number of halogens is 1. The van der Waals surface area contributed by atoms with E-state index in [2.05, 4.69) is 4.98 Å². The van der Waals surface area contributed by atoms with E-state index < -0.39 is 11.6 Å². The van der Waals surface area contributed by atoms with E-state index in [1.807, 2.05) is 18.2 Å². The molecule has 0 aromatic carbocycles. The fourth-order valence-corrected chi connectivity index (χ4v) is 0.313. The van der Waals surface area contributed by atoms with Crippen molar-refractivity contribution in [2.24, 2.45) is 0 Å². The van der Waals surface area contributed by atoms with Gasteiger partial charge in [-0.1, -0.05) is 6.07 Å². The topological polar surface area (TPSA) is 47.0 Å². The Bertz CT molecular complexity index is 150. The molecule has 5 heteroatoms. The van der Waals surface area contributed by atoms with E-state index in [1.54, 1.807) is 12.4 Å². The van der Waals surface area contributed by atoms with E-state index in [4.69, 9.17) is 8.42 Å². The maximum atomic E-state index is 8.29. The molecule has 0 saturated heterocycles. The van der Waals surface area contributed by atoms with Crippen LogP contribution in [-0.2, 0) is 11.6 Å². The average Bonchev–Trinajstić information content (AvgIpc) is 1.93. The summed E-state index contributed by atoms with van der Waals surface area (Å²) >= 11 is -0.750. The van der Waals surface area contributed by atoms with Gasteiger partial charge in [-0.05, 0) is 12.1 Å². The minimum atomic E-state index is -0.750. The van der Waals surface area contributed by atoms with Crippen molar-refractivity contribution in [3.05, 3.63) is 30.6 Å². The van der Waals surface area contributed by atoms with Gasteiger partial charge in [0.1, 0.15) is 0 Å². The first kappa shape index (κ1) is 12.4. The van der Waals surface area contributed by atoms with E-state index in [-0.39, 0.29) is 24.0 Å². The Balaban J connectivity index is 0. The van der Waals surface area contributed by atoms with Gasteiger partial charge in [-0.15, -0.1) is 24.0 Å². The highest BCUT2D eigenvalue weighted by molar-refractivity contribution is 14.0. The summed E-state index contributed by atoms with van der Waals surface area (Å²) in [5.41, 5.74) is 0. The van der Waals surface area contributed by atoms with E-state index in [0.717, 1.165) is 0 Å². The molecule has 0 atom stereocenters. The monoisotopic (exact) mass is 271 g/mol. The van der Waals surface area contributed by atoms with Crippen LogP contribution in [0, 0.1) is 0 Å². The molecule has 0 unspecified atom stereocenters. The zero-order valence-corrected chi connectivity index (χ0v) is 8.11. The Morgan fingerprint density at radius 3 is 1.50 bits per heavy atom. The standard InChI is InChI=1S/C5H5N.HI.O2S/c1-2-4-6-5-3-1;;1-3-2/h1-5H;1H;. The largest absolute Gasteiger partial charge is 0.335 e. The van der Waals surface area contributed by atoms with Gasteiger partial charge in [-0.2, -0.15) is 8.42 Å². The Hall–Kier alpha value is -0.300. The van der Waals surface area contributed by atoms with Gasteiger partial charge >= 0.3 is 11.6 Å². The third kappa shape index (κ3) is 10.6. The predicted molar refractivity (Wildman–Crippen MR) is 48.6 cm³/mol. The van der Waals surface area contributed by atoms with Crippen molar-refractivity contribution in [1.29, 1.82) is 0 Å². The first-order valence-corrected chi connectivity index (χ1v) is 2.85. The Morgan fingerprint density at radius 2 is 1.40 bits per heavy atom. The van der Waals surface area contributed by atoms with Crippen LogP contribution in [0.25, 0.3) is 0 Å². The molecule has 1 rings (SSSR count). The summed E-state index contributed by atoms with van der Waals surface area (Å²) in [6.45, 7) is 0. The van der Waals surface area contributed by atoms with Crippen molar-refractivity contribution < 1.29 is 8.42 Å². The molecule has 0 radical (unpaired) electrons. The summed E-state index contributed by atoms with van der Waals surface area (Å²) in [5.74, 6) is 0. The fraction of sp³-hybridized carbons (Fsp3) is 0. The first-order chi connectivity index (χ1) is 4.41. The van der Waals surface area contributed by atoms with Crippen LogP contribution in [0.2, 0.25) is 0 Å². The number of rotatable bonds is 0. The normalized spacial score (nSPS) is 6.00. The van der Waals surface area contributed by atoms with E-state index >= 15 is 0 Å². The molecule has 0 amide bonds. The third-order valence-electron chi connectivity index (χ3n) is 0.566. The Kier molecular flexibility index (Phi) is 14.2. The molecule has 1 aromatic heterocycles. The van der Waals surface area contributed by atoms with Crippen LogP contribution < -0.4 is 0 Å². The summed E-state index contributed by atoms with van der Waals surface area (Å²) in [6.07, 6.45) is 3.50. The highest BCUT2D eigenvalue weighted by Crippen LogP contribution is 1.73. The molecule has 0 spiro atoms. The van der Waals surface area contributed by atoms with E-state index in [1.165, 1.54) is 0 Å².